The number of carbonyl (C=O) groups is 1. The molecule has 0 radical (unpaired) electrons. The molecule has 0 bridgehead atoms. The maximum atomic E-state index is 13.7. The lowest BCUT2D eigenvalue weighted by Gasteiger charge is -2.22. The molecule has 1 N–H and O–H groups in total. The Hall–Kier alpha value is -1.99. The van der Waals surface area contributed by atoms with Gasteiger partial charge in [0, 0.05) is 22.8 Å². The number of aromatic amines is 1. The Bertz CT molecular complexity index is 762. The zero-order valence-corrected chi connectivity index (χ0v) is 14.4. The Kier molecular flexibility index (Phi) is 5.06. The molecule has 8 heteroatoms. The second kappa shape index (κ2) is 7.09. The minimum atomic E-state index is -3.06. The molecule has 0 aliphatic carbocycles. The van der Waals surface area contributed by atoms with Gasteiger partial charge in [-0.1, -0.05) is 18.5 Å². The summed E-state index contributed by atoms with van der Waals surface area (Å²) in [5.41, 5.74) is 1.55. The summed E-state index contributed by atoms with van der Waals surface area (Å²) in [6, 6.07) is 7.00. The average molecular weight is 370 g/mol. The van der Waals surface area contributed by atoms with Gasteiger partial charge in [0.15, 0.2) is 0 Å². The molecule has 25 heavy (non-hydrogen) atoms. The molecule has 0 unspecified atom stereocenters. The largest absolute Gasteiger partial charge is 0.373 e. The molecule has 0 saturated carbocycles. The summed E-state index contributed by atoms with van der Waals surface area (Å²) < 4.78 is 32.3. The first-order valence-electron chi connectivity index (χ1n) is 7.99. The smallest absolute Gasteiger partial charge is 0.288 e. The predicted molar refractivity (Wildman–Crippen MR) is 90.1 cm³/mol. The van der Waals surface area contributed by atoms with Crippen LogP contribution < -0.4 is 0 Å². The number of imidazole rings is 1. The third kappa shape index (κ3) is 3.99. The lowest BCUT2D eigenvalue weighted by molar-refractivity contribution is -0.0661. The number of alkyl halides is 2. The van der Waals surface area contributed by atoms with E-state index < -0.39 is 25.0 Å². The van der Waals surface area contributed by atoms with Gasteiger partial charge in [-0.2, -0.15) is 0 Å². The Morgan fingerprint density at radius 2 is 2.12 bits per heavy atom. The number of benzene rings is 1. The van der Waals surface area contributed by atoms with Crippen LogP contribution in [-0.2, 0) is 11.2 Å². The van der Waals surface area contributed by atoms with Crippen molar-refractivity contribution in [2.75, 3.05) is 26.3 Å². The minimum Gasteiger partial charge on any atom is -0.373 e. The molecule has 1 fully saturated rings. The number of rotatable bonds is 3. The van der Waals surface area contributed by atoms with Crippen molar-refractivity contribution in [2.45, 2.75) is 19.3 Å². The van der Waals surface area contributed by atoms with Gasteiger partial charge in [0.2, 0.25) is 0 Å². The summed E-state index contributed by atoms with van der Waals surface area (Å²) in [4.78, 5) is 21.3. The Labute approximate surface area is 149 Å². The Morgan fingerprint density at radius 3 is 2.80 bits per heavy atom. The lowest BCUT2D eigenvalue weighted by atomic mass is 10.2. The predicted octanol–water partition coefficient (Wildman–Crippen LogP) is 3.40. The Morgan fingerprint density at radius 1 is 1.40 bits per heavy atom. The molecule has 2 heterocycles. The molecule has 1 saturated heterocycles. The zero-order chi connectivity index (χ0) is 18.0. The number of nitrogens with zero attached hydrogens (tertiary/aromatic N) is 2. The molecular weight excluding hydrogens is 352 g/mol. The van der Waals surface area contributed by atoms with E-state index in [4.69, 9.17) is 16.3 Å². The number of carbonyl (C=O) groups excluding carboxylic acids is 1. The van der Waals surface area contributed by atoms with Crippen molar-refractivity contribution in [1.29, 1.82) is 0 Å². The molecule has 1 aliphatic rings. The molecule has 1 aromatic carbocycles. The van der Waals surface area contributed by atoms with Gasteiger partial charge in [-0.05, 0) is 30.7 Å². The van der Waals surface area contributed by atoms with E-state index in [1.165, 1.54) is 0 Å². The van der Waals surface area contributed by atoms with Crippen LogP contribution in [0.1, 0.15) is 23.1 Å². The van der Waals surface area contributed by atoms with Gasteiger partial charge in [0.05, 0.1) is 13.2 Å². The lowest BCUT2D eigenvalue weighted by Crippen LogP contribution is -2.41. The fourth-order valence-electron chi connectivity index (χ4n) is 2.71. The van der Waals surface area contributed by atoms with Gasteiger partial charge in [-0.25, -0.2) is 13.8 Å². The summed E-state index contributed by atoms with van der Waals surface area (Å²) in [5.74, 6) is -3.07. The topological polar surface area (TPSA) is 58.2 Å². The van der Waals surface area contributed by atoms with Crippen LogP contribution in [0.15, 0.2) is 24.3 Å². The number of amides is 1. The molecule has 1 amide bonds. The van der Waals surface area contributed by atoms with Gasteiger partial charge in [-0.3, -0.25) is 4.79 Å². The molecule has 134 valence electrons. The SMILES string of the molecule is CCc1[nH]c(-c2ccc(Cl)cc2)nc1C(=O)N1CCOCC(F)(F)C1. The highest BCUT2D eigenvalue weighted by Crippen LogP contribution is 2.24. The summed E-state index contributed by atoms with van der Waals surface area (Å²) in [5, 5.41) is 0.592. The van der Waals surface area contributed by atoms with E-state index in [9.17, 15) is 13.6 Å². The van der Waals surface area contributed by atoms with Gasteiger partial charge < -0.3 is 14.6 Å². The van der Waals surface area contributed by atoms with Crippen LogP contribution in [-0.4, -0.2) is 53.0 Å². The first-order valence-corrected chi connectivity index (χ1v) is 8.37. The van der Waals surface area contributed by atoms with Crippen LogP contribution in [0.25, 0.3) is 11.4 Å². The highest BCUT2D eigenvalue weighted by Gasteiger charge is 2.37. The quantitative estimate of drug-likeness (QED) is 0.902. The summed E-state index contributed by atoms with van der Waals surface area (Å²) in [6.07, 6.45) is 0.530. The maximum absolute atomic E-state index is 13.7. The van der Waals surface area contributed by atoms with Gasteiger partial charge in [0.25, 0.3) is 11.8 Å². The molecule has 0 atom stereocenters. The molecule has 3 rings (SSSR count). The van der Waals surface area contributed by atoms with Crippen molar-refractivity contribution in [3.8, 4) is 11.4 Å². The molecule has 0 spiro atoms. The summed E-state index contributed by atoms with van der Waals surface area (Å²) in [6.45, 7) is 0.722. The molecule has 5 nitrogen and oxygen atoms in total. The monoisotopic (exact) mass is 369 g/mol. The van der Waals surface area contributed by atoms with Crippen molar-refractivity contribution in [3.05, 3.63) is 40.7 Å². The standard InChI is InChI=1S/C17H18ClF2N3O2/c1-2-13-14(16(24)23-7-8-25-10-17(19,20)9-23)22-15(21-13)11-3-5-12(18)6-4-11/h3-6H,2,7-10H2,1H3,(H,21,22). The highest BCUT2D eigenvalue weighted by atomic mass is 35.5. The number of nitrogens with one attached hydrogen (secondary N) is 1. The number of H-pyrrole nitrogens is 1. The zero-order valence-electron chi connectivity index (χ0n) is 13.7. The number of halogens is 3. The van der Waals surface area contributed by atoms with E-state index in [-0.39, 0.29) is 18.8 Å². The van der Waals surface area contributed by atoms with Gasteiger partial charge in [-0.15, -0.1) is 0 Å². The van der Waals surface area contributed by atoms with Crippen LogP contribution in [0.3, 0.4) is 0 Å². The number of aryl methyl sites for hydroxylation is 1. The van der Waals surface area contributed by atoms with E-state index in [1.54, 1.807) is 24.3 Å². The second-order valence-electron chi connectivity index (χ2n) is 5.91. The van der Waals surface area contributed by atoms with E-state index in [2.05, 4.69) is 9.97 Å². The van der Waals surface area contributed by atoms with E-state index >= 15 is 0 Å². The van der Waals surface area contributed by atoms with Crippen molar-refractivity contribution < 1.29 is 18.3 Å². The van der Waals surface area contributed by atoms with Crippen molar-refractivity contribution >= 4 is 17.5 Å². The van der Waals surface area contributed by atoms with Crippen molar-refractivity contribution in [3.63, 3.8) is 0 Å². The van der Waals surface area contributed by atoms with E-state index in [0.717, 1.165) is 10.5 Å². The van der Waals surface area contributed by atoms with Crippen molar-refractivity contribution in [1.82, 2.24) is 14.9 Å². The second-order valence-corrected chi connectivity index (χ2v) is 6.34. The normalized spacial score (nSPS) is 17.4. The highest BCUT2D eigenvalue weighted by molar-refractivity contribution is 6.30. The molecule has 2 aromatic rings. The van der Waals surface area contributed by atoms with Crippen LogP contribution in [0.4, 0.5) is 8.78 Å². The number of hydrogen-bond acceptors (Lipinski definition) is 3. The van der Waals surface area contributed by atoms with Crippen LogP contribution in [0, 0.1) is 0 Å². The number of hydrogen-bond donors (Lipinski definition) is 1. The fraction of sp³-hybridized carbons (Fsp3) is 0.412. The minimum absolute atomic E-state index is 0.0806. The van der Waals surface area contributed by atoms with E-state index in [1.807, 2.05) is 6.92 Å². The van der Waals surface area contributed by atoms with Crippen molar-refractivity contribution in [2.24, 2.45) is 0 Å². The Balaban J connectivity index is 1.90. The fourth-order valence-corrected chi connectivity index (χ4v) is 2.84. The number of aromatic nitrogens is 2. The van der Waals surface area contributed by atoms with E-state index in [0.29, 0.717) is 23.0 Å². The average Bonchev–Trinajstić information content (AvgIpc) is 2.93. The number of ether oxygens (including phenoxy) is 1. The molecule has 1 aliphatic heterocycles. The first-order chi connectivity index (χ1) is 11.9. The van der Waals surface area contributed by atoms with Crippen LogP contribution in [0.2, 0.25) is 5.02 Å². The molecular formula is C17H18ClF2N3O2. The first kappa shape index (κ1) is 17.8. The maximum Gasteiger partial charge on any atom is 0.288 e. The summed E-state index contributed by atoms with van der Waals surface area (Å²) in [7, 11) is 0. The summed E-state index contributed by atoms with van der Waals surface area (Å²) >= 11 is 5.88. The molecule has 1 aromatic heterocycles. The third-order valence-electron chi connectivity index (χ3n) is 3.98. The third-order valence-corrected chi connectivity index (χ3v) is 4.23. The van der Waals surface area contributed by atoms with Gasteiger partial charge >= 0.3 is 0 Å². The van der Waals surface area contributed by atoms with Crippen LogP contribution in [0.5, 0.6) is 0 Å². The van der Waals surface area contributed by atoms with Crippen LogP contribution >= 0.6 is 11.6 Å². The van der Waals surface area contributed by atoms with Gasteiger partial charge in [0.1, 0.15) is 18.1 Å².